The van der Waals surface area contributed by atoms with Crippen LogP contribution >= 0.6 is 0 Å². The Morgan fingerprint density at radius 3 is 2.82 bits per heavy atom. The number of benzene rings is 1. The molecule has 3 rings (SSSR count). The van der Waals surface area contributed by atoms with Crippen LogP contribution in [0.2, 0.25) is 0 Å². The van der Waals surface area contributed by atoms with Crippen molar-refractivity contribution in [2.24, 2.45) is 0 Å². The van der Waals surface area contributed by atoms with Crippen molar-refractivity contribution in [2.75, 3.05) is 7.05 Å². The molecule has 1 N–H and O–H groups in total. The summed E-state index contributed by atoms with van der Waals surface area (Å²) in [5, 5.41) is 3.29. The fourth-order valence-corrected chi connectivity index (χ4v) is 3.22. The molecule has 17 heavy (non-hydrogen) atoms. The van der Waals surface area contributed by atoms with Crippen LogP contribution in [0.3, 0.4) is 0 Å². The van der Waals surface area contributed by atoms with E-state index in [1.807, 2.05) is 7.05 Å². The maximum Gasteiger partial charge on any atom is 0.125 e. The normalized spacial score (nSPS) is 25.6. The summed E-state index contributed by atoms with van der Waals surface area (Å²) in [6.07, 6.45) is 5.70. The van der Waals surface area contributed by atoms with Gasteiger partial charge < -0.3 is 10.1 Å². The number of hydrogen-bond acceptors (Lipinski definition) is 2. The van der Waals surface area contributed by atoms with Crippen molar-refractivity contribution in [3.05, 3.63) is 29.6 Å². The molecule has 1 aromatic rings. The summed E-state index contributed by atoms with van der Waals surface area (Å²) in [7, 11) is 1.94. The van der Waals surface area contributed by atoms with Gasteiger partial charge in [-0.1, -0.05) is 0 Å². The molecule has 1 unspecified atom stereocenters. The molecule has 1 atom stereocenters. The highest BCUT2D eigenvalue weighted by atomic mass is 19.1. The second-order valence-electron chi connectivity index (χ2n) is 5.22. The number of rotatable bonds is 1. The standard InChI is InChI=1S/C14H18FNO/c1-16-12-9-14(6-2-3-7-14)17-13-5-4-10(15)8-11(12)13/h4-5,8,12,16H,2-3,6-7,9H2,1H3. The van der Waals surface area contributed by atoms with Crippen molar-refractivity contribution in [1.82, 2.24) is 5.32 Å². The first-order valence-electron chi connectivity index (χ1n) is 6.38. The Kier molecular flexibility index (Phi) is 2.58. The molecule has 2 nitrogen and oxygen atoms in total. The summed E-state index contributed by atoms with van der Waals surface area (Å²) in [4.78, 5) is 0. The Balaban J connectivity index is 2.00. The first-order chi connectivity index (χ1) is 8.22. The van der Waals surface area contributed by atoms with E-state index in [2.05, 4.69) is 5.32 Å². The molecule has 1 aliphatic heterocycles. The van der Waals surface area contributed by atoms with Crippen LogP contribution in [0.15, 0.2) is 18.2 Å². The second-order valence-corrected chi connectivity index (χ2v) is 5.22. The Morgan fingerprint density at radius 2 is 2.12 bits per heavy atom. The Morgan fingerprint density at radius 1 is 1.35 bits per heavy atom. The van der Waals surface area contributed by atoms with E-state index >= 15 is 0 Å². The molecule has 0 amide bonds. The summed E-state index contributed by atoms with van der Waals surface area (Å²) in [6, 6.07) is 5.07. The molecular weight excluding hydrogens is 217 g/mol. The molecule has 1 aromatic carbocycles. The number of halogens is 1. The van der Waals surface area contributed by atoms with E-state index in [0.29, 0.717) is 0 Å². The van der Waals surface area contributed by atoms with Crippen LogP contribution in [0.5, 0.6) is 5.75 Å². The van der Waals surface area contributed by atoms with Gasteiger partial charge in [0.15, 0.2) is 0 Å². The van der Waals surface area contributed by atoms with E-state index in [-0.39, 0.29) is 17.5 Å². The van der Waals surface area contributed by atoms with Crippen LogP contribution in [-0.4, -0.2) is 12.6 Å². The van der Waals surface area contributed by atoms with E-state index in [9.17, 15) is 4.39 Å². The van der Waals surface area contributed by atoms with Gasteiger partial charge in [-0.25, -0.2) is 4.39 Å². The fraction of sp³-hybridized carbons (Fsp3) is 0.571. The summed E-state index contributed by atoms with van der Waals surface area (Å²) in [6.45, 7) is 0. The number of nitrogens with one attached hydrogen (secondary N) is 1. The lowest BCUT2D eigenvalue weighted by atomic mass is 9.86. The van der Waals surface area contributed by atoms with Gasteiger partial charge >= 0.3 is 0 Å². The minimum Gasteiger partial charge on any atom is -0.487 e. The Bertz CT molecular complexity index is 426. The molecule has 92 valence electrons. The van der Waals surface area contributed by atoms with E-state index in [1.165, 1.54) is 18.9 Å². The summed E-state index contributed by atoms with van der Waals surface area (Å²) in [5.41, 5.74) is 0.962. The summed E-state index contributed by atoms with van der Waals surface area (Å²) < 4.78 is 19.5. The van der Waals surface area contributed by atoms with Gasteiger partial charge in [0.25, 0.3) is 0 Å². The van der Waals surface area contributed by atoms with Gasteiger partial charge in [-0.2, -0.15) is 0 Å². The highest BCUT2D eigenvalue weighted by Gasteiger charge is 2.42. The lowest BCUT2D eigenvalue weighted by molar-refractivity contribution is 0.0377. The third kappa shape index (κ3) is 1.82. The van der Waals surface area contributed by atoms with Gasteiger partial charge in [0, 0.05) is 18.0 Å². The van der Waals surface area contributed by atoms with Crippen LogP contribution < -0.4 is 10.1 Å². The maximum absolute atomic E-state index is 13.3. The Hall–Kier alpha value is -1.09. The van der Waals surface area contributed by atoms with Crippen molar-refractivity contribution in [3.63, 3.8) is 0 Å². The number of ether oxygens (including phenoxy) is 1. The van der Waals surface area contributed by atoms with E-state index in [1.54, 1.807) is 12.1 Å². The minimum atomic E-state index is -0.185. The molecule has 3 heteroatoms. The topological polar surface area (TPSA) is 21.3 Å². The first kappa shape index (κ1) is 11.0. The zero-order chi connectivity index (χ0) is 11.9. The zero-order valence-electron chi connectivity index (χ0n) is 10.1. The molecule has 0 radical (unpaired) electrons. The zero-order valence-corrected chi connectivity index (χ0v) is 10.1. The van der Waals surface area contributed by atoms with Crippen LogP contribution in [0, 0.1) is 5.82 Å². The van der Waals surface area contributed by atoms with Crippen LogP contribution in [0.1, 0.15) is 43.7 Å². The molecule has 1 fully saturated rings. The van der Waals surface area contributed by atoms with Crippen molar-refractivity contribution >= 4 is 0 Å². The lowest BCUT2D eigenvalue weighted by Gasteiger charge is -2.40. The quantitative estimate of drug-likeness (QED) is 0.807. The summed E-state index contributed by atoms with van der Waals surface area (Å²) in [5.74, 6) is 0.675. The second kappa shape index (κ2) is 3.98. The van der Waals surface area contributed by atoms with Gasteiger partial charge in [0.1, 0.15) is 17.2 Å². The van der Waals surface area contributed by atoms with Crippen molar-refractivity contribution in [1.29, 1.82) is 0 Å². The largest absolute Gasteiger partial charge is 0.487 e. The fourth-order valence-electron chi connectivity index (χ4n) is 3.22. The molecule has 2 aliphatic rings. The number of fused-ring (bicyclic) bond motifs is 1. The van der Waals surface area contributed by atoms with Crippen LogP contribution in [0.25, 0.3) is 0 Å². The van der Waals surface area contributed by atoms with E-state index < -0.39 is 0 Å². The molecule has 1 saturated carbocycles. The average molecular weight is 235 g/mol. The van der Waals surface area contributed by atoms with Gasteiger partial charge in [-0.15, -0.1) is 0 Å². The van der Waals surface area contributed by atoms with Gasteiger partial charge in [0.05, 0.1) is 0 Å². The smallest absolute Gasteiger partial charge is 0.125 e. The SMILES string of the molecule is CNC1CC2(CCCC2)Oc2ccc(F)cc21. The monoisotopic (exact) mass is 235 g/mol. The maximum atomic E-state index is 13.3. The highest BCUT2D eigenvalue weighted by Crippen LogP contribution is 2.46. The third-order valence-corrected chi connectivity index (χ3v) is 4.11. The average Bonchev–Trinajstić information content (AvgIpc) is 2.77. The molecule has 0 aromatic heterocycles. The molecule has 1 aliphatic carbocycles. The van der Waals surface area contributed by atoms with Gasteiger partial charge in [-0.05, 0) is 50.9 Å². The van der Waals surface area contributed by atoms with E-state index in [0.717, 1.165) is 30.6 Å². The lowest BCUT2D eigenvalue weighted by Crippen LogP contribution is -2.41. The molecule has 0 saturated heterocycles. The summed E-state index contributed by atoms with van der Waals surface area (Å²) >= 11 is 0. The predicted molar refractivity (Wildman–Crippen MR) is 64.6 cm³/mol. The predicted octanol–water partition coefficient (Wildman–Crippen LogP) is 3.18. The van der Waals surface area contributed by atoms with Crippen molar-refractivity contribution < 1.29 is 9.13 Å². The molecule has 1 spiro atoms. The van der Waals surface area contributed by atoms with E-state index in [4.69, 9.17) is 4.74 Å². The Labute approximate surface area is 101 Å². The van der Waals surface area contributed by atoms with Gasteiger partial charge in [-0.3, -0.25) is 0 Å². The van der Waals surface area contributed by atoms with Gasteiger partial charge in [0.2, 0.25) is 0 Å². The number of hydrogen-bond donors (Lipinski definition) is 1. The van der Waals surface area contributed by atoms with Crippen molar-refractivity contribution in [3.8, 4) is 5.75 Å². The van der Waals surface area contributed by atoms with Crippen molar-refractivity contribution in [2.45, 2.75) is 43.7 Å². The van der Waals surface area contributed by atoms with Crippen LogP contribution in [-0.2, 0) is 0 Å². The molecule has 1 heterocycles. The highest BCUT2D eigenvalue weighted by molar-refractivity contribution is 5.39. The molecular formula is C14H18FNO. The van der Waals surface area contributed by atoms with Crippen LogP contribution in [0.4, 0.5) is 4.39 Å². The molecule has 0 bridgehead atoms. The third-order valence-electron chi connectivity index (χ3n) is 4.11. The first-order valence-corrected chi connectivity index (χ1v) is 6.38. The minimum absolute atomic E-state index is 0.00148.